The van der Waals surface area contributed by atoms with E-state index in [-0.39, 0.29) is 36.7 Å². The number of rotatable bonds is 4. The highest BCUT2D eigenvalue weighted by atomic mass is 35.5. The van der Waals surface area contributed by atoms with Gasteiger partial charge in [0.1, 0.15) is 5.75 Å². The Bertz CT molecular complexity index is 703. The number of methoxy groups -OCH3 is 1. The molecule has 0 bridgehead atoms. The van der Waals surface area contributed by atoms with Gasteiger partial charge >= 0.3 is 5.97 Å². The van der Waals surface area contributed by atoms with E-state index < -0.39 is 11.9 Å². The van der Waals surface area contributed by atoms with E-state index >= 15 is 0 Å². The SMILES string of the molecule is COC(=O)CCNC(=O)c1cc(N)c2ccccc2c1O.Cl. The van der Waals surface area contributed by atoms with Crippen molar-refractivity contribution in [3.05, 3.63) is 35.9 Å². The summed E-state index contributed by atoms with van der Waals surface area (Å²) < 4.78 is 4.48. The lowest BCUT2D eigenvalue weighted by molar-refractivity contribution is -0.140. The van der Waals surface area contributed by atoms with E-state index in [1.807, 2.05) is 0 Å². The fourth-order valence-corrected chi connectivity index (χ4v) is 2.04. The van der Waals surface area contributed by atoms with Gasteiger partial charge in [-0.3, -0.25) is 9.59 Å². The van der Waals surface area contributed by atoms with Crippen LogP contribution in [0.25, 0.3) is 10.8 Å². The van der Waals surface area contributed by atoms with Crippen LogP contribution in [0.5, 0.6) is 5.75 Å². The number of anilines is 1. The smallest absolute Gasteiger partial charge is 0.307 e. The Kier molecular flexibility index (Phi) is 6.00. The Morgan fingerprint density at radius 3 is 2.55 bits per heavy atom. The van der Waals surface area contributed by atoms with Crippen molar-refractivity contribution in [1.82, 2.24) is 5.32 Å². The van der Waals surface area contributed by atoms with Gasteiger partial charge in [0, 0.05) is 23.0 Å². The number of hydrogen-bond acceptors (Lipinski definition) is 5. The molecule has 6 nitrogen and oxygen atoms in total. The fraction of sp³-hybridized carbons (Fsp3) is 0.200. The molecule has 2 aromatic carbocycles. The number of amides is 1. The van der Waals surface area contributed by atoms with E-state index in [9.17, 15) is 14.7 Å². The molecule has 0 atom stereocenters. The maximum atomic E-state index is 12.1. The maximum Gasteiger partial charge on any atom is 0.307 e. The van der Waals surface area contributed by atoms with Crippen LogP contribution in [-0.2, 0) is 9.53 Å². The second kappa shape index (κ2) is 7.51. The Morgan fingerprint density at radius 2 is 1.91 bits per heavy atom. The third-order valence-corrected chi connectivity index (χ3v) is 3.14. The largest absolute Gasteiger partial charge is 0.506 e. The lowest BCUT2D eigenvalue weighted by atomic mass is 10.0. The normalized spacial score (nSPS) is 9.86. The predicted molar refractivity (Wildman–Crippen MR) is 86.2 cm³/mol. The molecule has 0 aliphatic rings. The van der Waals surface area contributed by atoms with Crippen molar-refractivity contribution in [3.8, 4) is 5.75 Å². The Labute approximate surface area is 133 Å². The number of benzene rings is 2. The van der Waals surface area contributed by atoms with Crippen LogP contribution in [0.4, 0.5) is 5.69 Å². The zero-order valence-corrected chi connectivity index (χ0v) is 12.8. The molecule has 2 rings (SSSR count). The number of ether oxygens (including phenoxy) is 1. The number of phenolic OH excluding ortho intramolecular Hbond substituents is 1. The molecular weight excluding hydrogens is 308 g/mol. The van der Waals surface area contributed by atoms with Gasteiger partial charge < -0.3 is 20.9 Å². The predicted octanol–water partition coefficient (Wildman–Crippen LogP) is 1.84. The van der Waals surface area contributed by atoms with E-state index in [0.717, 1.165) is 0 Å². The summed E-state index contributed by atoms with van der Waals surface area (Å²) in [6.07, 6.45) is 0.0616. The zero-order chi connectivity index (χ0) is 15.4. The fourth-order valence-electron chi connectivity index (χ4n) is 2.04. The first-order valence-electron chi connectivity index (χ1n) is 6.39. The number of carbonyl (C=O) groups excluding carboxylic acids is 2. The van der Waals surface area contributed by atoms with E-state index in [4.69, 9.17) is 5.73 Å². The highest BCUT2D eigenvalue weighted by Gasteiger charge is 2.16. The molecule has 0 saturated carbocycles. The van der Waals surface area contributed by atoms with Gasteiger partial charge in [0.2, 0.25) is 0 Å². The summed E-state index contributed by atoms with van der Waals surface area (Å²) in [4.78, 5) is 23.0. The minimum Gasteiger partial charge on any atom is -0.506 e. The maximum absolute atomic E-state index is 12.1. The Morgan fingerprint density at radius 1 is 1.27 bits per heavy atom. The molecule has 0 saturated heterocycles. The van der Waals surface area contributed by atoms with Gasteiger partial charge in [0.15, 0.2) is 0 Å². The van der Waals surface area contributed by atoms with Gasteiger partial charge in [-0.05, 0) is 6.07 Å². The first-order chi connectivity index (χ1) is 10.0. The molecule has 118 valence electrons. The van der Waals surface area contributed by atoms with Gasteiger partial charge in [-0.15, -0.1) is 12.4 Å². The summed E-state index contributed by atoms with van der Waals surface area (Å²) >= 11 is 0. The van der Waals surface area contributed by atoms with Crippen LogP contribution in [0.3, 0.4) is 0 Å². The number of hydrogen-bond donors (Lipinski definition) is 3. The number of carbonyl (C=O) groups is 2. The molecule has 0 aliphatic carbocycles. The van der Waals surface area contributed by atoms with Crippen molar-refractivity contribution in [2.24, 2.45) is 0 Å². The van der Waals surface area contributed by atoms with Gasteiger partial charge in [0.25, 0.3) is 5.91 Å². The molecule has 0 aliphatic heterocycles. The number of halogens is 1. The third-order valence-electron chi connectivity index (χ3n) is 3.14. The molecule has 0 heterocycles. The summed E-state index contributed by atoms with van der Waals surface area (Å²) in [7, 11) is 1.28. The van der Waals surface area contributed by atoms with Crippen LogP contribution in [0.2, 0.25) is 0 Å². The van der Waals surface area contributed by atoms with E-state index in [1.54, 1.807) is 24.3 Å². The molecule has 0 radical (unpaired) electrons. The third kappa shape index (κ3) is 3.59. The molecule has 0 spiro atoms. The van der Waals surface area contributed by atoms with Crippen LogP contribution in [-0.4, -0.2) is 30.6 Å². The van der Waals surface area contributed by atoms with Crippen LogP contribution in [0.1, 0.15) is 16.8 Å². The molecular formula is C15H17ClN2O4. The second-order valence-corrected chi connectivity index (χ2v) is 4.49. The van der Waals surface area contributed by atoms with Crippen molar-refractivity contribution in [2.45, 2.75) is 6.42 Å². The molecule has 7 heteroatoms. The number of aromatic hydroxyl groups is 1. The first kappa shape index (κ1) is 17.6. The van der Waals surface area contributed by atoms with Crippen molar-refractivity contribution < 1.29 is 19.4 Å². The zero-order valence-electron chi connectivity index (χ0n) is 12.0. The topological polar surface area (TPSA) is 102 Å². The quantitative estimate of drug-likeness (QED) is 0.452. The van der Waals surface area contributed by atoms with Gasteiger partial charge in [-0.1, -0.05) is 24.3 Å². The van der Waals surface area contributed by atoms with E-state index in [0.29, 0.717) is 16.5 Å². The molecule has 0 unspecified atom stereocenters. The second-order valence-electron chi connectivity index (χ2n) is 4.49. The average Bonchev–Trinajstić information content (AvgIpc) is 2.50. The number of nitrogen functional groups attached to an aromatic ring is 1. The highest BCUT2D eigenvalue weighted by molar-refractivity contribution is 6.07. The standard InChI is InChI=1S/C15H16N2O4.ClH/c1-21-13(18)6-7-17-15(20)11-8-12(16)9-4-2-3-5-10(9)14(11)19;/h2-5,8,19H,6-7,16H2,1H3,(H,17,20);1H. The van der Waals surface area contributed by atoms with Crippen LogP contribution >= 0.6 is 12.4 Å². The minimum atomic E-state index is -0.492. The van der Waals surface area contributed by atoms with Crippen molar-refractivity contribution in [2.75, 3.05) is 19.4 Å². The van der Waals surface area contributed by atoms with Crippen LogP contribution in [0, 0.1) is 0 Å². The lowest BCUT2D eigenvalue weighted by Gasteiger charge is -2.11. The molecule has 0 aromatic heterocycles. The van der Waals surface area contributed by atoms with Crippen LogP contribution < -0.4 is 11.1 Å². The highest BCUT2D eigenvalue weighted by Crippen LogP contribution is 2.32. The minimum absolute atomic E-state index is 0. The summed E-state index contributed by atoms with van der Waals surface area (Å²) in [6.45, 7) is 0.123. The molecule has 1 amide bonds. The Balaban J connectivity index is 0.00000242. The number of nitrogens with one attached hydrogen (secondary N) is 1. The van der Waals surface area contributed by atoms with E-state index in [2.05, 4.69) is 10.1 Å². The summed E-state index contributed by atoms with van der Waals surface area (Å²) in [5, 5.41) is 13.9. The number of esters is 1. The number of phenols is 1. The molecule has 0 fully saturated rings. The lowest BCUT2D eigenvalue weighted by Crippen LogP contribution is -2.26. The molecule has 4 N–H and O–H groups in total. The first-order valence-corrected chi connectivity index (χ1v) is 6.39. The average molecular weight is 325 g/mol. The number of fused-ring (bicyclic) bond motifs is 1. The van der Waals surface area contributed by atoms with Crippen molar-refractivity contribution in [1.29, 1.82) is 0 Å². The van der Waals surface area contributed by atoms with Gasteiger partial charge in [-0.2, -0.15) is 0 Å². The van der Waals surface area contributed by atoms with Gasteiger partial charge in [-0.25, -0.2) is 0 Å². The Hall–Kier alpha value is -2.47. The summed E-state index contributed by atoms with van der Waals surface area (Å²) in [5.41, 5.74) is 6.38. The van der Waals surface area contributed by atoms with Crippen molar-refractivity contribution in [3.63, 3.8) is 0 Å². The summed E-state index contributed by atoms with van der Waals surface area (Å²) in [5.74, 6) is -1.04. The van der Waals surface area contributed by atoms with Crippen LogP contribution in [0.15, 0.2) is 30.3 Å². The monoisotopic (exact) mass is 324 g/mol. The van der Waals surface area contributed by atoms with Gasteiger partial charge in [0.05, 0.1) is 19.1 Å². The molecule has 22 heavy (non-hydrogen) atoms. The van der Waals surface area contributed by atoms with Crippen molar-refractivity contribution >= 4 is 40.7 Å². The number of nitrogens with two attached hydrogens (primary N) is 1. The molecule has 2 aromatic rings. The summed E-state index contributed by atoms with van der Waals surface area (Å²) in [6, 6.07) is 8.43. The van der Waals surface area contributed by atoms with E-state index in [1.165, 1.54) is 13.2 Å².